The summed E-state index contributed by atoms with van der Waals surface area (Å²) in [5, 5.41) is 20.6. The number of rotatable bonds is 4. The second-order valence-corrected chi connectivity index (χ2v) is 4.57. The minimum Gasteiger partial charge on any atom is -0.392 e. The molecule has 5 nitrogen and oxygen atoms in total. The number of pyridine rings is 1. The van der Waals surface area contributed by atoms with Crippen molar-refractivity contribution in [1.82, 2.24) is 10.3 Å². The van der Waals surface area contributed by atoms with E-state index >= 15 is 0 Å². The van der Waals surface area contributed by atoms with E-state index in [2.05, 4.69) is 16.4 Å². The Morgan fingerprint density at radius 1 is 1.29 bits per heavy atom. The number of hydrogen-bond acceptors (Lipinski definition) is 4. The number of nitrogens with zero attached hydrogens (tertiary/aromatic N) is 2. The maximum Gasteiger partial charge on any atom is 0.269 e. The molecule has 0 saturated heterocycles. The molecule has 0 spiro atoms. The fraction of sp³-hybridized carbons (Fsp3) is 0.188. The summed E-state index contributed by atoms with van der Waals surface area (Å²) >= 11 is 0. The van der Waals surface area contributed by atoms with Crippen LogP contribution in [0, 0.1) is 11.3 Å². The quantitative estimate of drug-likeness (QED) is 0.887. The lowest BCUT2D eigenvalue weighted by atomic mass is 10.1. The summed E-state index contributed by atoms with van der Waals surface area (Å²) in [6.45, 7) is -0.146. The number of aliphatic hydroxyl groups excluding tert-OH is 1. The van der Waals surface area contributed by atoms with E-state index in [1.807, 2.05) is 12.1 Å². The lowest BCUT2D eigenvalue weighted by molar-refractivity contribution is 0.0957. The van der Waals surface area contributed by atoms with Crippen molar-refractivity contribution in [1.29, 1.82) is 5.26 Å². The van der Waals surface area contributed by atoms with Gasteiger partial charge >= 0.3 is 0 Å². The number of carbonyl (C=O) groups is 1. The van der Waals surface area contributed by atoms with Gasteiger partial charge < -0.3 is 10.4 Å². The van der Waals surface area contributed by atoms with E-state index in [1.54, 1.807) is 24.3 Å². The molecule has 1 aromatic carbocycles. The summed E-state index contributed by atoms with van der Waals surface area (Å²) < 4.78 is 0. The van der Waals surface area contributed by atoms with Crippen LogP contribution in [0.1, 0.15) is 32.9 Å². The van der Waals surface area contributed by atoms with Crippen LogP contribution in [-0.2, 0) is 13.0 Å². The van der Waals surface area contributed by atoms with Crippen molar-refractivity contribution >= 4 is 5.91 Å². The summed E-state index contributed by atoms with van der Waals surface area (Å²) in [5.74, 6) is -0.286. The van der Waals surface area contributed by atoms with Crippen LogP contribution in [0.25, 0.3) is 0 Å². The molecule has 0 atom stereocenters. The second-order valence-electron chi connectivity index (χ2n) is 4.57. The van der Waals surface area contributed by atoms with Gasteiger partial charge in [0.15, 0.2) is 0 Å². The molecule has 1 amide bonds. The predicted molar refractivity (Wildman–Crippen MR) is 77.5 cm³/mol. The van der Waals surface area contributed by atoms with Gasteiger partial charge in [0.25, 0.3) is 5.91 Å². The predicted octanol–water partition coefficient (Wildman–Crippen LogP) is 1.40. The molecule has 0 saturated carbocycles. The lowest BCUT2D eigenvalue weighted by Crippen LogP contribution is -2.20. The van der Waals surface area contributed by atoms with Gasteiger partial charge in [-0.05, 0) is 35.4 Å². The van der Waals surface area contributed by atoms with Crippen LogP contribution in [0.2, 0.25) is 0 Å². The molecule has 21 heavy (non-hydrogen) atoms. The van der Waals surface area contributed by atoms with E-state index in [0.29, 0.717) is 23.2 Å². The zero-order chi connectivity index (χ0) is 15.2. The number of benzene rings is 1. The largest absolute Gasteiger partial charge is 0.392 e. The molecule has 1 aromatic heterocycles. The van der Waals surface area contributed by atoms with Crippen molar-refractivity contribution in [3.05, 3.63) is 64.5 Å². The third kappa shape index (κ3) is 3.65. The standard InChI is InChI=1S/C16H15N3O2/c1-18-16(21)15-8-13(10-20)7-14(19-15)6-11-2-4-12(9-17)5-3-11/h2-5,7-8,20H,6,10H2,1H3,(H,18,21). The van der Waals surface area contributed by atoms with E-state index in [4.69, 9.17) is 5.26 Å². The van der Waals surface area contributed by atoms with Gasteiger partial charge in [0.2, 0.25) is 0 Å². The van der Waals surface area contributed by atoms with E-state index in [-0.39, 0.29) is 18.2 Å². The molecule has 0 aliphatic carbocycles. The zero-order valence-electron chi connectivity index (χ0n) is 11.6. The van der Waals surface area contributed by atoms with Gasteiger partial charge in [0, 0.05) is 19.2 Å². The van der Waals surface area contributed by atoms with Crippen LogP contribution < -0.4 is 5.32 Å². The molecule has 2 N–H and O–H groups in total. The van der Waals surface area contributed by atoms with Gasteiger partial charge in [-0.3, -0.25) is 4.79 Å². The summed E-state index contributed by atoms with van der Waals surface area (Å²) in [7, 11) is 1.54. The fourth-order valence-corrected chi connectivity index (χ4v) is 1.98. The molecule has 5 heteroatoms. The highest BCUT2D eigenvalue weighted by Crippen LogP contribution is 2.12. The van der Waals surface area contributed by atoms with Crippen LogP contribution in [-0.4, -0.2) is 23.0 Å². The molecule has 2 aromatic rings. The van der Waals surface area contributed by atoms with Gasteiger partial charge in [-0.1, -0.05) is 12.1 Å². The van der Waals surface area contributed by atoms with Gasteiger partial charge in [-0.2, -0.15) is 5.26 Å². The minimum absolute atomic E-state index is 0.146. The van der Waals surface area contributed by atoms with Crippen molar-refractivity contribution in [2.75, 3.05) is 7.05 Å². The van der Waals surface area contributed by atoms with Crippen molar-refractivity contribution < 1.29 is 9.90 Å². The molecule has 1 heterocycles. The number of nitriles is 1. The highest BCUT2D eigenvalue weighted by atomic mass is 16.3. The third-order valence-corrected chi connectivity index (χ3v) is 3.05. The Hall–Kier alpha value is -2.71. The number of nitrogens with one attached hydrogen (secondary N) is 1. The third-order valence-electron chi connectivity index (χ3n) is 3.05. The minimum atomic E-state index is -0.286. The number of carbonyl (C=O) groups excluding carboxylic acids is 1. The Labute approximate surface area is 122 Å². The summed E-state index contributed by atoms with van der Waals surface area (Å²) in [6.07, 6.45) is 0.531. The van der Waals surface area contributed by atoms with Gasteiger partial charge in [0.05, 0.1) is 18.2 Å². The first kappa shape index (κ1) is 14.7. The van der Waals surface area contributed by atoms with Crippen LogP contribution in [0.5, 0.6) is 0 Å². The summed E-state index contributed by atoms with van der Waals surface area (Å²) in [5.41, 5.74) is 3.21. The van der Waals surface area contributed by atoms with E-state index < -0.39 is 0 Å². The van der Waals surface area contributed by atoms with Gasteiger partial charge in [-0.15, -0.1) is 0 Å². The van der Waals surface area contributed by atoms with Crippen LogP contribution in [0.15, 0.2) is 36.4 Å². The number of aliphatic hydroxyl groups is 1. The average Bonchev–Trinajstić information content (AvgIpc) is 2.54. The van der Waals surface area contributed by atoms with Crippen molar-refractivity contribution in [2.24, 2.45) is 0 Å². The van der Waals surface area contributed by atoms with Crippen molar-refractivity contribution in [3.8, 4) is 6.07 Å². The van der Waals surface area contributed by atoms with E-state index in [9.17, 15) is 9.90 Å². The average molecular weight is 281 g/mol. The fourth-order valence-electron chi connectivity index (χ4n) is 1.98. The Morgan fingerprint density at radius 3 is 2.57 bits per heavy atom. The smallest absolute Gasteiger partial charge is 0.269 e. The zero-order valence-corrected chi connectivity index (χ0v) is 11.6. The molecule has 0 aliphatic heterocycles. The molecule has 0 radical (unpaired) electrons. The van der Waals surface area contributed by atoms with Gasteiger partial charge in [-0.25, -0.2) is 4.98 Å². The van der Waals surface area contributed by atoms with E-state index in [1.165, 1.54) is 7.05 Å². The molecule has 0 aliphatic rings. The van der Waals surface area contributed by atoms with Crippen LogP contribution in [0.4, 0.5) is 0 Å². The van der Waals surface area contributed by atoms with Gasteiger partial charge in [0.1, 0.15) is 5.69 Å². The molecular formula is C16H15N3O2. The SMILES string of the molecule is CNC(=O)c1cc(CO)cc(Cc2ccc(C#N)cc2)n1. The first-order chi connectivity index (χ1) is 10.2. The number of aromatic nitrogens is 1. The maximum atomic E-state index is 11.7. The lowest BCUT2D eigenvalue weighted by Gasteiger charge is -2.07. The Morgan fingerprint density at radius 2 is 2.00 bits per heavy atom. The molecule has 106 valence electrons. The highest BCUT2D eigenvalue weighted by molar-refractivity contribution is 5.92. The number of hydrogen-bond donors (Lipinski definition) is 2. The first-order valence-electron chi connectivity index (χ1n) is 6.48. The summed E-state index contributed by atoms with van der Waals surface area (Å²) in [4.78, 5) is 16.0. The number of amides is 1. The topological polar surface area (TPSA) is 86.0 Å². The first-order valence-corrected chi connectivity index (χ1v) is 6.48. The van der Waals surface area contributed by atoms with Crippen molar-refractivity contribution in [3.63, 3.8) is 0 Å². The molecular weight excluding hydrogens is 266 g/mol. The molecule has 0 fully saturated rings. The van der Waals surface area contributed by atoms with Crippen LogP contribution >= 0.6 is 0 Å². The highest BCUT2D eigenvalue weighted by Gasteiger charge is 2.09. The molecule has 0 bridgehead atoms. The Bertz CT molecular complexity index is 688. The monoisotopic (exact) mass is 281 g/mol. The second kappa shape index (κ2) is 6.64. The normalized spacial score (nSPS) is 9.95. The maximum absolute atomic E-state index is 11.7. The molecule has 2 rings (SSSR count). The van der Waals surface area contributed by atoms with E-state index in [0.717, 1.165) is 5.56 Å². The van der Waals surface area contributed by atoms with Crippen molar-refractivity contribution in [2.45, 2.75) is 13.0 Å². The summed E-state index contributed by atoms with van der Waals surface area (Å²) in [6, 6.07) is 12.6. The van der Waals surface area contributed by atoms with Crippen LogP contribution in [0.3, 0.4) is 0 Å². The Balaban J connectivity index is 2.29. The Kier molecular flexibility index (Phi) is 4.64. The molecule has 0 unspecified atom stereocenters.